The summed E-state index contributed by atoms with van der Waals surface area (Å²) in [5, 5.41) is 21.8. The Labute approximate surface area is 133 Å². The van der Waals surface area contributed by atoms with Crippen LogP contribution in [0.25, 0.3) is 0 Å². The molecule has 124 valence electrons. The van der Waals surface area contributed by atoms with E-state index in [1.807, 2.05) is 0 Å². The van der Waals surface area contributed by atoms with Crippen LogP contribution < -0.4 is 5.32 Å². The van der Waals surface area contributed by atoms with Gasteiger partial charge in [0.25, 0.3) is 0 Å². The summed E-state index contributed by atoms with van der Waals surface area (Å²) in [5.74, 6) is -8.66. The highest BCUT2D eigenvalue weighted by Gasteiger charge is 2.41. The first-order chi connectivity index (χ1) is 11.3. The zero-order chi connectivity index (χ0) is 17.8. The molecule has 8 heteroatoms. The molecule has 0 spiro atoms. The summed E-state index contributed by atoms with van der Waals surface area (Å²) in [6.07, 6.45) is 0. The Hall–Kier alpha value is -3.03. The fourth-order valence-corrected chi connectivity index (χ4v) is 2.71. The molecular weight excluding hydrogens is 327 g/mol. The number of carbonyl (C=O) groups excluding carboxylic acids is 2. The summed E-state index contributed by atoms with van der Waals surface area (Å²) in [7, 11) is 0. The highest BCUT2D eigenvalue weighted by atomic mass is 19.2. The number of halogens is 3. The second-order valence-corrected chi connectivity index (χ2v) is 5.11. The van der Waals surface area contributed by atoms with Crippen LogP contribution >= 0.6 is 0 Å². The predicted molar refractivity (Wildman–Crippen MR) is 77.1 cm³/mol. The summed E-state index contributed by atoms with van der Waals surface area (Å²) < 4.78 is 42.9. The van der Waals surface area contributed by atoms with Gasteiger partial charge in [-0.1, -0.05) is 0 Å². The monoisotopic (exact) mass is 337 g/mol. The van der Waals surface area contributed by atoms with Gasteiger partial charge in [-0.05, 0) is 19.1 Å². The largest absolute Gasteiger partial charge is 0.507 e. The molecule has 1 aliphatic carbocycles. The third-order valence-electron chi connectivity index (χ3n) is 3.74. The van der Waals surface area contributed by atoms with Crippen LogP contribution in [0, 0.1) is 17.5 Å². The van der Waals surface area contributed by atoms with Crippen molar-refractivity contribution in [2.24, 2.45) is 0 Å². The second kappa shape index (κ2) is 5.26. The molecule has 3 N–H and O–H groups in total. The van der Waals surface area contributed by atoms with Gasteiger partial charge in [0.1, 0.15) is 17.2 Å². The van der Waals surface area contributed by atoms with E-state index in [-0.39, 0.29) is 6.54 Å². The van der Waals surface area contributed by atoms with E-state index in [1.54, 1.807) is 0 Å². The van der Waals surface area contributed by atoms with Crippen molar-refractivity contribution in [2.75, 3.05) is 11.9 Å². The first-order valence-electron chi connectivity index (χ1n) is 6.89. The van der Waals surface area contributed by atoms with Crippen molar-refractivity contribution in [2.45, 2.75) is 6.92 Å². The van der Waals surface area contributed by atoms with Gasteiger partial charge in [-0.2, -0.15) is 0 Å². The number of anilines is 1. The van der Waals surface area contributed by atoms with Crippen molar-refractivity contribution in [3.63, 3.8) is 0 Å². The lowest BCUT2D eigenvalue weighted by Gasteiger charge is -2.22. The first-order valence-corrected chi connectivity index (χ1v) is 6.89. The third-order valence-corrected chi connectivity index (χ3v) is 3.74. The van der Waals surface area contributed by atoms with E-state index in [0.29, 0.717) is 0 Å². The molecule has 24 heavy (non-hydrogen) atoms. The maximum atomic E-state index is 14.5. The Morgan fingerprint density at radius 2 is 1.29 bits per heavy atom. The molecular formula is C16H10F3NO4. The van der Waals surface area contributed by atoms with Gasteiger partial charge in [0.05, 0.1) is 22.3 Å². The molecule has 0 radical (unpaired) electrons. The number of nitrogens with one attached hydrogen (secondary N) is 1. The number of phenolic OH excluding ortho intramolecular Hbond substituents is 2. The fraction of sp³-hybridized carbons (Fsp3) is 0.125. The average molecular weight is 337 g/mol. The molecule has 0 aliphatic heterocycles. The Morgan fingerprint density at radius 1 is 0.833 bits per heavy atom. The van der Waals surface area contributed by atoms with Crippen LogP contribution in [0.3, 0.4) is 0 Å². The number of fused-ring (bicyclic) bond motifs is 2. The van der Waals surface area contributed by atoms with E-state index in [1.165, 1.54) is 6.92 Å². The zero-order valence-electron chi connectivity index (χ0n) is 12.2. The number of hydrogen-bond acceptors (Lipinski definition) is 5. The molecule has 3 rings (SSSR count). The number of aromatic hydroxyl groups is 2. The van der Waals surface area contributed by atoms with Gasteiger partial charge in [0.15, 0.2) is 17.5 Å². The van der Waals surface area contributed by atoms with Gasteiger partial charge in [0.2, 0.25) is 11.6 Å². The lowest BCUT2D eigenvalue weighted by Crippen LogP contribution is -2.26. The molecule has 0 amide bonds. The van der Waals surface area contributed by atoms with E-state index < -0.39 is 68.5 Å². The quantitative estimate of drug-likeness (QED) is 0.494. The number of hydrogen-bond donors (Lipinski definition) is 3. The molecule has 1 aliphatic rings. The highest BCUT2D eigenvalue weighted by Crippen LogP contribution is 2.41. The number of ketones is 2. The van der Waals surface area contributed by atoms with Crippen molar-refractivity contribution in [3.8, 4) is 11.5 Å². The Morgan fingerprint density at radius 3 is 1.75 bits per heavy atom. The molecule has 0 aromatic heterocycles. The molecule has 0 saturated carbocycles. The predicted octanol–water partition coefficient (Wildman–Crippen LogP) is 2.72. The topological polar surface area (TPSA) is 86.6 Å². The lowest BCUT2D eigenvalue weighted by molar-refractivity contribution is 0.0966. The molecule has 2 aromatic rings. The molecule has 0 unspecified atom stereocenters. The van der Waals surface area contributed by atoms with E-state index in [2.05, 4.69) is 5.32 Å². The molecule has 0 atom stereocenters. The van der Waals surface area contributed by atoms with Crippen LogP contribution in [0.4, 0.5) is 18.9 Å². The van der Waals surface area contributed by atoms with Gasteiger partial charge < -0.3 is 15.5 Å². The van der Waals surface area contributed by atoms with Crippen molar-refractivity contribution in [1.82, 2.24) is 0 Å². The lowest BCUT2D eigenvalue weighted by atomic mass is 9.82. The van der Waals surface area contributed by atoms with Crippen LogP contribution in [0.5, 0.6) is 11.5 Å². The minimum Gasteiger partial charge on any atom is -0.507 e. The van der Waals surface area contributed by atoms with Crippen molar-refractivity contribution < 1.29 is 33.0 Å². The minimum absolute atomic E-state index is 0.0385. The van der Waals surface area contributed by atoms with Crippen LogP contribution in [0.15, 0.2) is 12.1 Å². The van der Waals surface area contributed by atoms with Crippen LogP contribution in [0.2, 0.25) is 0 Å². The van der Waals surface area contributed by atoms with Crippen molar-refractivity contribution >= 4 is 17.3 Å². The van der Waals surface area contributed by atoms with Crippen LogP contribution in [-0.2, 0) is 0 Å². The smallest absolute Gasteiger partial charge is 0.201 e. The highest BCUT2D eigenvalue weighted by molar-refractivity contribution is 6.30. The van der Waals surface area contributed by atoms with Crippen molar-refractivity contribution in [3.05, 3.63) is 51.8 Å². The normalized spacial score (nSPS) is 12.8. The number of benzene rings is 2. The maximum absolute atomic E-state index is 14.5. The molecule has 2 aromatic carbocycles. The summed E-state index contributed by atoms with van der Waals surface area (Å²) >= 11 is 0. The fourth-order valence-electron chi connectivity index (χ4n) is 2.71. The number of carbonyl (C=O) groups is 2. The SMILES string of the molecule is CCNc1c(F)c(F)c2c(c1F)C(=O)c1c(O)ccc(O)c1C2=O. The van der Waals surface area contributed by atoms with Gasteiger partial charge in [-0.25, -0.2) is 13.2 Å². The van der Waals surface area contributed by atoms with E-state index in [0.717, 1.165) is 12.1 Å². The standard InChI is InChI=1S/C16H10F3NO4/c1-2-20-14-12(18)10-9(11(17)13(14)19)15(23)7-5(21)3-4-6(22)8(7)16(10)24/h3-4,20-22H,2H2,1H3. The molecule has 0 heterocycles. The van der Waals surface area contributed by atoms with Crippen LogP contribution in [0.1, 0.15) is 38.8 Å². The van der Waals surface area contributed by atoms with Crippen LogP contribution in [-0.4, -0.2) is 28.3 Å². The number of phenols is 2. The van der Waals surface area contributed by atoms with E-state index in [4.69, 9.17) is 0 Å². The van der Waals surface area contributed by atoms with Gasteiger partial charge >= 0.3 is 0 Å². The van der Waals surface area contributed by atoms with Gasteiger partial charge in [-0.15, -0.1) is 0 Å². The summed E-state index contributed by atoms with van der Waals surface area (Å²) in [5.41, 5.74) is -4.31. The molecule has 5 nitrogen and oxygen atoms in total. The Balaban J connectivity index is 2.43. The average Bonchev–Trinajstić information content (AvgIpc) is 2.54. The molecule has 0 bridgehead atoms. The summed E-state index contributed by atoms with van der Waals surface area (Å²) in [6, 6.07) is 1.86. The molecule has 0 fully saturated rings. The maximum Gasteiger partial charge on any atom is 0.201 e. The van der Waals surface area contributed by atoms with E-state index >= 15 is 0 Å². The minimum atomic E-state index is -1.70. The van der Waals surface area contributed by atoms with Gasteiger partial charge in [-0.3, -0.25) is 9.59 Å². The second-order valence-electron chi connectivity index (χ2n) is 5.11. The molecule has 0 saturated heterocycles. The third kappa shape index (κ3) is 1.89. The summed E-state index contributed by atoms with van der Waals surface area (Å²) in [6.45, 7) is 1.54. The number of rotatable bonds is 2. The summed E-state index contributed by atoms with van der Waals surface area (Å²) in [4.78, 5) is 24.9. The Bertz CT molecular complexity index is 925. The zero-order valence-corrected chi connectivity index (χ0v) is 12.2. The van der Waals surface area contributed by atoms with Gasteiger partial charge in [0, 0.05) is 6.54 Å². The first kappa shape index (κ1) is 15.9. The Kier molecular flexibility index (Phi) is 3.47. The van der Waals surface area contributed by atoms with E-state index in [9.17, 15) is 33.0 Å². The van der Waals surface area contributed by atoms with Crippen molar-refractivity contribution in [1.29, 1.82) is 0 Å².